The Kier molecular flexibility index (Phi) is 3.70. The number of amides is 1. The number of aryl methyl sites for hydroxylation is 1. The van der Waals surface area contributed by atoms with Crippen molar-refractivity contribution in [3.05, 3.63) is 69.6 Å². The van der Waals surface area contributed by atoms with Gasteiger partial charge >= 0.3 is 0 Å². The molecule has 0 saturated carbocycles. The summed E-state index contributed by atoms with van der Waals surface area (Å²) in [5.41, 5.74) is 0.620. The molecule has 0 aliphatic heterocycles. The molecule has 25 heavy (non-hydrogen) atoms. The van der Waals surface area contributed by atoms with Gasteiger partial charge in [-0.2, -0.15) is 0 Å². The summed E-state index contributed by atoms with van der Waals surface area (Å²) in [7, 11) is 0. The zero-order chi connectivity index (χ0) is 17.4. The first-order valence-corrected chi connectivity index (χ1v) is 8.34. The van der Waals surface area contributed by atoms with Gasteiger partial charge in [0.05, 0.1) is 5.39 Å². The summed E-state index contributed by atoms with van der Waals surface area (Å²) in [6.45, 7) is 1.84. The topological polar surface area (TPSA) is 85.3 Å². The number of furan rings is 1. The van der Waals surface area contributed by atoms with E-state index < -0.39 is 5.91 Å². The van der Waals surface area contributed by atoms with Crippen molar-refractivity contribution >= 4 is 33.3 Å². The maximum absolute atomic E-state index is 12.4. The fourth-order valence-electron chi connectivity index (χ4n) is 2.42. The first-order valence-electron chi connectivity index (χ1n) is 7.46. The molecule has 0 aliphatic carbocycles. The summed E-state index contributed by atoms with van der Waals surface area (Å²) in [5, 5.41) is 5.14. The van der Waals surface area contributed by atoms with Crippen molar-refractivity contribution in [2.45, 2.75) is 6.92 Å². The summed E-state index contributed by atoms with van der Waals surface area (Å²) in [6, 6.07) is 10.4. The van der Waals surface area contributed by atoms with Crippen LogP contribution in [0.15, 0.2) is 61.7 Å². The van der Waals surface area contributed by atoms with Gasteiger partial charge in [-0.25, -0.2) is 4.98 Å². The Balaban J connectivity index is 1.61. The van der Waals surface area contributed by atoms with Gasteiger partial charge in [-0.3, -0.25) is 14.9 Å². The number of anilines is 1. The van der Waals surface area contributed by atoms with Gasteiger partial charge in [0.1, 0.15) is 28.9 Å². The van der Waals surface area contributed by atoms with Gasteiger partial charge in [-0.05, 0) is 31.2 Å². The number of para-hydroxylation sites is 1. The van der Waals surface area contributed by atoms with Crippen LogP contribution in [0.1, 0.15) is 16.1 Å². The molecule has 0 radical (unpaired) electrons. The highest BCUT2D eigenvalue weighted by atomic mass is 32.1. The molecule has 0 saturated heterocycles. The molecule has 124 valence electrons. The predicted octanol–water partition coefficient (Wildman–Crippen LogP) is 4.07. The zero-order valence-corrected chi connectivity index (χ0v) is 13.9. The number of nitrogens with one attached hydrogen (secondary N) is 1. The Bertz CT molecular complexity index is 1140. The minimum Gasteiger partial charge on any atom is -0.463 e. The largest absolute Gasteiger partial charge is 0.463 e. The number of hydrogen-bond donors (Lipinski definition) is 1. The Morgan fingerprint density at radius 2 is 2.04 bits per heavy atom. The Labute approximate surface area is 145 Å². The third kappa shape index (κ3) is 2.85. The maximum Gasteiger partial charge on any atom is 0.264 e. The molecule has 3 aromatic heterocycles. The molecule has 6 nitrogen and oxygen atoms in total. The van der Waals surface area contributed by atoms with Crippen molar-refractivity contribution in [1.82, 2.24) is 4.98 Å². The lowest BCUT2D eigenvalue weighted by molar-refractivity contribution is 0.102. The van der Waals surface area contributed by atoms with Gasteiger partial charge in [0.15, 0.2) is 10.9 Å². The van der Waals surface area contributed by atoms with E-state index in [1.54, 1.807) is 29.6 Å². The van der Waals surface area contributed by atoms with Gasteiger partial charge in [0, 0.05) is 5.38 Å². The average molecular weight is 352 g/mol. The molecular weight excluding hydrogens is 340 g/mol. The van der Waals surface area contributed by atoms with Gasteiger partial charge < -0.3 is 8.83 Å². The number of fused-ring (bicyclic) bond motifs is 1. The highest BCUT2D eigenvalue weighted by molar-refractivity contribution is 7.14. The SMILES string of the molecule is Cc1ccc(-c2csc(NC(=O)c3coc4ccccc4c3=O)n2)o1. The second kappa shape index (κ2) is 6.03. The monoisotopic (exact) mass is 352 g/mol. The van der Waals surface area contributed by atoms with Crippen molar-refractivity contribution in [3.63, 3.8) is 0 Å². The summed E-state index contributed by atoms with van der Waals surface area (Å²) >= 11 is 1.25. The number of benzene rings is 1. The lowest BCUT2D eigenvalue weighted by Gasteiger charge is -2.02. The first-order chi connectivity index (χ1) is 12.1. The van der Waals surface area contributed by atoms with Crippen LogP contribution < -0.4 is 10.7 Å². The van der Waals surface area contributed by atoms with Crippen LogP contribution in [0.5, 0.6) is 0 Å². The lowest BCUT2D eigenvalue weighted by Crippen LogP contribution is -2.21. The second-order valence-corrected chi connectivity index (χ2v) is 6.24. The van der Waals surface area contributed by atoms with Crippen molar-refractivity contribution in [3.8, 4) is 11.5 Å². The van der Waals surface area contributed by atoms with E-state index in [9.17, 15) is 9.59 Å². The zero-order valence-electron chi connectivity index (χ0n) is 13.1. The number of rotatable bonds is 3. The minimum atomic E-state index is -0.559. The summed E-state index contributed by atoms with van der Waals surface area (Å²) in [6.07, 6.45) is 1.17. The van der Waals surface area contributed by atoms with Gasteiger partial charge in [-0.1, -0.05) is 12.1 Å². The van der Waals surface area contributed by atoms with E-state index in [-0.39, 0.29) is 11.0 Å². The quantitative estimate of drug-likeness (QED) is 0.601. The van der Waals surface area contributed by atoms with Crippen LogP contribution in [0.4, 0.5) is 5.13 Å². The second-order valence-electron chi connectivity index (χ2n) is 5.38. The summed E-state index contributed by atoms with van der Waals surface area (Å²) in [4.78, 5) is 29.1. The fourth-order valence-corrected chi connectivity index (χ4v) is 3.11. The van der Waals surface area contributed by atoms with Crippen LogP contribution in [-0.4, -0.2) is 10.9 Å². The minimum absolute atomic E-state index is 0.0655. The highest BCUT2D eigenvalue weighted by Crippen LogP contribution is 2.26. The van der Waals surface area contributed by atoms with E-state index in [0.29, 0.717) is 27.6 Å². The number of aromatic nitrogens is 1. The third-order valence-corrected chi connectivity index (χ3v) is 4.40. The van der Waals surface area contributed by atoms with E-state index in [0.717, 1.165) is 5.76 Å². The number of carbonyl (C=O) groups excluding carboxylic acids is 1. The van der Waals surface area contributed by atoms with Crippen molar-refractivity contribution in [2.24, 2.45) is 0 Å². The van der Waals surface area contributed by atoms with Crippen LogP contribution in [0.2, 0.25) is 0 Å². The molecule has 1 N–H and O–H groups in total. The van der Waals surface area contributed by atoms with Gasteiger partial charge in [0.25, 0.3) is 5.91 Å². The highest BCUT2D eigenvalue weighted by Gasteiger charge is 2.16. The molecule has 4 rings (SSSR count). The van der Waals surface area contributed by atoms with Crippen LogP contribution in [0.3, 0.4) is 0 Å². The smallest absolute Gasteiger partial charge is 0.264 e. The maximum atomic E-state index is 12.4. The fraction of sp³-hybridized carbons (Fsp3) is 0.0556. The molecule has 3 heterocycles. The molecule has 4 aromatic rings. The van der Waals surface area contributed by atoms with Crippen LogP contribution in [0, 0.1) is 6.92 Å². The molecule has 1 amide bonds. The summed E-state index contributed by atoms with van der Waals surface area (Å²) < 4.78 is 10.9. The molecule has 7 heteroatoms. The standard InChI is InChI=1S/C18H12N2O4S/c1-10-6-7-15(24-10)13-9-25-18(19-13)20-17(22)12-8-23-14-5-3-2-4-11(14)16(12)21/h2-9H,1H3,(H,19,20,22). The summed E-state index contributed by atoms with van der Waals surface area (Å²) in [5.74, 6) is 0.845. The molecule has 0 spiro atoms. The van der Waals surface area contributed by atoms with Crippen LogP contribution >= 0.6 is 11.3 Å². The van der Waals surface area contributed by atoms with E-state index in [4.69, 9.17) is 8.83 Å². The molecule has 0 unspecified atom stereocenters. The molecule has 0 fully saturated rings. The Morgan fingerprint density at radius 1 is 1.20 bits per heavy atom. The van der Waals surface area contributed by atoms with Gasteiger partial charge in [-0.15, -0.1) is 11.3 Å². The predicted molar refractivity (Wildman–Crippen MR) is 95.0 cm³/mol. The molecular formula is C18H12N2O4S. The first kappa shape index (κ1) is 15.3. The molecule has 1 aromatic carbocycles. The average Bonchev–Trinajstić information content (AvgIpc) is 3.24. The molecule has 0 bridgehead atoms. The Morgan fingerprint density at radius 3 is 2.84 bits per heavy atom. The molecule has 0 aliphatic rings. The van der Waals surface area contributed by atoms with Gasteiger partial charge in [0.2, 0.25) is 5.43 Å². The van der Waals surface area contributed by atoms with Crippen LogP contribution in [-0.2, 0) is 0 Å². The third-order valence-electron chi connectivity index (χ3n) is 3.64. The number of nitrogens with zero attached hydrogens (tertiary/aromatic N) is 1. The van der Waals surface area contributed by atoms with E-state index in [1.165, 1.54) is 17.6 Å². The van der Waals surface area contributed by atoms with Crippen molar-refractivity contribution in [1.29, 1.82) is 0 Å². The normalized spacial score (nSPS) is 10.9. The number of carbonyl (C=O) groups is 1. The van der Waals surface area contributed by atoms with E-state index in [1.807, 2.05) is 19.1 Å². The van der Waals surface area contributed by atoms with E-state index in [2.05, 4.69) is 10.3 Å². The van der Waals surface area contributed by atoms with E-state index >= 15 is 0 Å². The lowest BCUT2D eigenvalue weighted by atomic mass is 10.1. The number of hydrogen-bond acceptors (Lipinski definition) is 6. The molecule has 0 atom stereocenters. The Hall–Kier alpha value is -3.19. The number of thiazole rings is 1. The van der Waals surface area contributed by atoms with Crippen LogP contribution in [0.25, 0.3) is 22.4 Å². The van der Waals surface area contributed by atoms with Crippen molar-refractivity contribution in [2.75, 3.05) is 5.32 Å². The van der Waals surface area contributed by atoms with Crippen molar-refractivity contribution < 1.29 is 13.6 Å².